The molecule has 2 saturated heterocycles. The summed E-state index contributed by atoms with van der Waals surface area (Å²) in [6.45, 7) is -0.468. The number of rotatable bonds is 8. The number of aromatic nitrogens is 2. The number of carbonyl (C=O) groups is 3. The third kappa shape index (κ3) is 5.14. The number of thioether (sulfide) groups is 1. The van der Waals surface area contributed by atoms with Gasteiger partial charge in [-0.3, -0.25) is 14.5 Å². The molecule has 35 heavy (non-hydrogen) atoms. The van der Waals surface area contributed by atoms with Gasteiger partial charge in [0, 0.05) is 23.7 Å². The number of hydrogen-bond donors (Lipinski definition) is 3. The summed E-state index contributed by atoms with van der Waals surface area (Å²) in [6, 6.07) is -1.03. The van der Waals surface area contributed by atoms with E-state index in [0.717, 1.165) is 29.4 Å². The van der Waals surface area contributed by atoms with Gasteiger partial charge in [0.25, 0.3) is 18.7 Å². The molecular weight excluding hydrogens is 505 g/mol. The molecule has 3 atom stereocenters. The summed E-state index contributed by atoms with van der Waals surface area (Å²) in [4.78, 5) is 52.8. The molecule has 3 aliphatic heterocycles. The Bertz CT molecular complexity index is 1140. The van der Waals surface area contributed by atoms with Crippen molar-refractivity contribution in [1.29, 1.82) is 0 Å². The van der Waals surface area contributed by atoms with Gasteiger partial charge in [-0.05, 0) is 11.6 Å². The van der Waals surface area contributed by atoms with Gasteiger partial charge in [0.15, 0.2) is 5.13 Å². The molecule has 0 radical (unpaired) electrons. The van der Waals surface area contributed by atoms with Crippen LogP contribution in [0, 0.1) is 0 Å². The summed E-state index contributed by atoms with van der Waals surface area (Å²) in [5.74, 6) is -2.63. The monoisotopic (exact) mass is 528 g/mol. The van der Waals surface area contributed by atoms with E-state index in [9.17, 15) is 23.9 Å². The number of allylic oxidation sites excluding steroid dienone is 1. The standard InChI is InChI=1S/C19H22FN7O6S2/c1-27(2)6-5-10(33-27)4-3-9-7-34-17-12(16(29)26(17)13(9)18(30)31)22-15(28)11(24-32-8-20)14-23-19(21)35-25-14/h3-4,10,12,17H,5-8H2,1-2H3,(H3-,21,22,23,25,28,30,31)/p+1/b4-3+,24-11-/t10-,12-,17-/m1/s1. The Morgan fingerprint density at radius 1 is 1.49 bits per heavy atom. The van der Waals surface area contributed by atoms with E-state index in [2.05, 4.69) is 24.7 Å². The number of carboxylic acids is 1. The minimum absolute atomic E-state index is 0.0526. The number of carboxylic acid groups (broad SMARTS) is 1. The van der Waals surface area contributed by atoms with Gasteiger partial charge < -0.3 is 21.0 Å². The van der Waals surface area contributed by atoms with Crippen LogP contribution < -0.4 is 11.1 Å². The van der Waals surface area contributed by atoms with E-state index in [4.69, 9.17) is 10.6 Å². The van der Waals surface area contributed by atoms with Crippen molar-refractivity contribution in [2.45, 2.75) is 23.9 Å². The van der Waals surface area contributed by atoms with Gasteiger partial charge in [0.05, 0.1) is 14.1 Å². The molecule has 13 nitrogen and oxygen atoms in total. The number of halogens is 1. The zero-order valence-electron chi connectivity index (χ0n) is 18.7. The predicted molar refractivity (Wildman–Crippen MR) is 123 cm³/mol. The molecule has 4 rings (SSSR count). The molecule has 16 heteroatoms. The van der Waals surface area contributed by atoms with Crippen molar-refractivity contribution in [3.63, 3.8) is 0 Å². The van der Waals surface area contributed by atoms with Gasteiger partial charge in [-0.15, -0.1) is 11.8 Å². The van der Waals surface area contributed by atoms with Crippen molar-refractivity contribution >= 4 is 51.9 Å². The Kier molecular flexibility index (Phi) is 7.07. The van der Waals surface area contributed by atoms with Crippen LogP contribution >= 0.6 is 23.3 Å². The van der Waals surface area contributed by atoms with E-state index >= 15 is 0 Å². The number of hydrogen-bond acceptors (Lipinski definition) is 11. The number of amides is 2. The number of nitrogen functional groups attached to an aromatic ring is 1. The summed E-state index contributed by atoms with van der Waals surface area (Å²) in [7, 11) is 3.87. The highest BCUT2D eigenvalue weighted by Crippen LogP contribution is 2.40. The minimum atomic E-state index is -1.30. The van der Waals surface area contributed by atoms with E-state index in [-0.39, 0.29) is 22.8 Å². The number of nitrogens with zero attached hydrogens (tertiary/aromatic N) is 5. The van der Waals surface area contributed by atoms with Crippen LogP contribution in [0.5, 0.6) is 0 Å². The lowest BCUT2D eigenvalue weighted by Crippen LogP contribution is -2.71. The lowest BCUT2D eigenvalue weighted by Gasteiger charge is -2.49. The van der Waals surface area contributed by atoms with Crippen LogP contribution in [0.1, 0.15) is 12.2 Å². The number of anilines is 1. The second-order valence-corrected chi connectivity index (χ2v) is 10.2. The summed E-state index contributed by atoms with van der Waals surface area (Å²) < 4.78 is 16.7. The molecule has 0 saturated carbocycles. The van der Waals surface area contributed by atoms with Crippen molar-refractivity contribution in [1.82, 2.24) is 19.6 Å². The van der Waals surface area contributed by atoms with Crippen molar-refractivity contribution in [2.24, 2.45) is 5.16 Å². The highest BCUT2D eigenvalue weighted by atomic mass is 32.2. The van der Waals surface area contributed by atoms with Gasteiger partial charge in [-0.25, -0.2) is 9.18 Å². The second kappa shape index (κ2) is 9.88. The summed E-state index contributed by atoms with van der Waals surface area (Å²) in [6.07, 6.45) is 4.11. The summed E-state index contributed by atoms with van der Waals surface area (Å²) in [5, 5.41) is 15.1. The van der Waals surface area contributed by atoms with Crippen LogP contribution in [0.3, 0.4) is 0 Å². The molecule has 0 aromatic carbocycles. The maximum absolute atomic E-state index is 12.9. The molecular formula is C19H23FN7O6S2+. The lowest BCUT2D eigenvalue weighted by atomic mass is 10.0. The molecule has 188 valence electrons. The maximum Gasteiger partial charge on any atom is 0.352 e. The third-order valence-corrected chi connectivity index (χ3v) is 7.29. The second-order valence-electron chi connectivity index (χ2n) is 8.26. The molecule has 0 spiro atoms. The largest absolute Gasteiger partial charge is 0.477 e. The molecule has 4 heterocycles. The fourth-order valence-corrected chi connectivity index (χ4v) is 5.60. The van der Waals surface area contributed by atoms with Crippen LogP contribution in [0.25, 0.3) is 0 Å². The Balaban J connectivity index is 1.49. The quantitative estimate of drug-likeness (QED) is 0.178. The molecule has 1 aromatic heterocycles. The number of fused-ring (bicyclic) bond motifs is 1. The number of nitrogens with two attached hydrogens (primary N) is 1. The van der Waals surface area contributed by atoms with Crippen LogP contribution in [-0.2, 0) is 24.1 Å². The first-order valence-corrected chi connectivity index (χ1v) is 12.2. The normalized spacial score (nSPS) is 26.0. The zero-order chi connectivity index (χ0) is 25.3. The number of β-lactam (4-membered cyclic amide) rings is 1. The molecule has 1 aromatic rings. The molecule has 4 N–H and O–H groups in total. The molecule has 0 aliphatic carbocycles. The van der Waals surface area contributed by atoms with E-state index in [1.54, 1.807) is 12.2 Å². The Morgan fingerprint density at radius 2 is 2.26 bits per heavy atom. The van der Waals surface area contributed by atoms with Crippen LogP contribution in [0.2, 0.25) is 0 Å². The Morgan fingerprint density at radius 3 is 2.86 bits per heavy atom. The average molecular weight is 529 g/mol. The molecule has 0 bridgehead atoms. The molecule has 3 aliphatic rings. The topological polar surface area (TPSA) is 169 Å². The lowest BCUT2D eigenvalue weighted by molar-refractivity contribution is -1.06. The Labute approximate surface area is 207 Å². The molecule has 2 fully saturated rings. The number of oxime groups is 1. The van der Waals surface area contributed by atoms with Crippen molar-refractivity contribution in [3.8, 4) is 0 Å². The molecule has 0 unspecified atom stereocenters. The predicted octanol–water partition coefficient (Wildman–Crippen LogP) is -0.157. The number of quaternary nitrogens is 1. The van der Waals surface area contributed by atoms with Crippen molar-refractivity contribution in [2.75, 3.05) is 39.0 Å². The highest BCUT2D eigenvalue weighted by Gasteiger charge is 2.54. The van der Waals surface area contributed by atoms with Gasteiger partial charge >= 0.3 is 5.97 Å². The Hall–Kier alpha value is -3.08. The van der Waals surface area contributed by atoms with Gasteiger partial charge in [0.2, 0.25) is 11.5 Å². The first-order valence-electron chi connectivity index (χ1n) is 10.4. The van der Waals surface area contributed by atoms with Crippen LogP contribution in [0.15, 0.2) is 28.6 Å². The summed E-state index contributed by atoms with van der Waals surface area (Å²) >= 11 is 2.10. The first-order chi connectivity index (χ1) is 16.6. The van der Waals surface area contributed by atoms with Crippen LogP contribution in [-0.4, -0.2) is 98.3 Å². The smallest absolute Gasteiger partial charge is 0.352 e. The number of nitrogens with one attached hydrogen (secondary N) is 1. The average Bonchev–Trinajstić information content (AvgIpc) is 3.39. The van der Waals surface area contributed by atoms with E-state index < -0.39 is 41.8 Å². The van der Waals surface area contributed by atoms with Gasteiger partial charge in [-0.2, -0.15) is 18.8 Å². The highest BCUT2D eigenvalue weighted by molar-refractivity contribution is 8.00. The van der Waals surface area contributed by atoms with Gasteiger partial charge in [0.1, 0.15) is 29.8 Å². The van der Waals surface area contributed by atoms with E-state index in [1.807, 2.05) is 14.1 Å². The number of alkyl halides is 1. The SMILES string of the molecule is C[N+]1(C)CC[C@@H](/C=C/C2=C(C(=O)O)N3C(=O)[C@@H](NC(=O)/C(=N\OCF)c4nsc(N)n4)[C@H]3SC2)O1. The third-order valence-electron chi connectivity index (χ3n) is 5.45. The van der Waals surface area contributed by atoms with Crippen molar-refractivity contribution < 1.29 is 38.2 Å². The fourth-order valence-electron chi connectivity index (χ4n) is 3.85. The summed E-state index contributed by atoms with van der Waals surface area (Å²) in [5.41, 5.74) is 5.40. The number of carbonyl (C=O) groups excluding carboxylic acids is 2. The van der Waals surface area contributed by atoms with Crippen molar-refractivity contribution in [3.05, 3.63) is 29.2 Å². The number of aliphatic carboxylic acids is 1. The van der Waals surface area contributed by atoms with Crippen LogP contribution in [0.4, 0.5) is 9.52 Å². The zero-order valence-corrected chi connectivity index (χ0v) is 20.3. The first kappa shape index (κ1) is 25.0. The number of hydroxylamine groups is 3. The van der Waals surface area contributed by atoms with E-state index in [1.165, 1.54) is 11.8 Å². The fraction of sp³-hybridized carbons (Fsp3) is 0.474. The minimum Gasteiger partial charge on any atom is -0.477 e. The molecule has 2 amide bonds. The van der Waals surface area contributed by atoms with Gasteiger partial charge in [-0.1, -0.05) is 11.2 Å². The van der Waals surface area contributed by atoms with E-state index in [0.29, 0.717) is 16.0 Å². The maximum atomic E-state index is 12.9.